The molecule has 0 saturated heterocycles. The van der Waals surface area contributed by atoms with Gasteiger partial charge in [0.25, 0.3) is 0 Å². The van der Waals surface area contributed by atoms with Gasteiger partial charge in [0.05, 0.1) is 10.9 Å². The highest BCUT2D eigenvalue weighted by Gasteiger charge is 2.29. The molecule has 0 fully saturated rings. The molecule has 20 heavy (non-hydrogen) atoms. The zero-order chi connectivity index (χ0) is 14.7. The third kappa shape index (κ3) is 3.65. The van der Waals surface area contributed by atoms with Crippen LogP contribution in [0.4, 0.5) is 5.69 Å². The first-order valence-corrected chi connectivity index (χ1v) is 7.52. The number of nitrogens with two attached hydrogens (primary N) is 1. The number of fused-ring (bicyclic) bond motifs is 1. The number of halogens is 1. The van der Waals surface area contributed by atoms with E-state index in [-0.39, 0.29) is 24.3 Å². The minimum atomic E-state index is -0.436. The van der Waals surface area contributed by atoms with Crippen molar-refractivity contribution in [2.75, 3.05) is 11.9 Å². The minimum Gasteiger partial charge on any atom is -0.352 e. The number of anilines is 1. The van der Waals surface area contributed by atoms with Crippen molar-refractivity contribution in [2.45, 2.75) is 29.5 Å². The maximum atomic E-state index is 12.0. The fraction of sp³-hybridized carbons (Fsp3) is 0.385. The topological polar surface area (TPSA) is 84.2 Å². The van der Waals surface area contributed by atoms with Crippen LogP contribution < -0.4 is 16.4 Å². The lowest BCUT2D eigenvalue weighted by atomic mass is 10.2. The number of amides is 2. The van der Waals surface area contributed by atoms with Crippen LogP contribution >= 0.6 is 23.4 Å². The normalized spacial score (nSPS) is 18.9. The van der Waals surface area contributed by atoms with Gasteiger partial charge in [0.15, 0.2) is 0 Å². The predicted octanol–water partition coefficient (Wildman–Crippen LogP) is 1.61. The molecule has 0 saturated carbocycles. The number of carbonyl (C=O) groups is 2. The van der Waals surface area contributed by atoms with Crippen molar-refractivity contribution in [3.63, 3.8) is 0 Å². The van der Waals surface area contributed by atoms with Crippen molar-refractivity contribution in [1.29, 1.82) is 0 Å². The van der Waals surface area contributed by atoms with Crippen molar-refractivity contribution in [3.05, 3.63) is 23.2 Å². The number of hydrogen-bond donors (Lipinski definition) is 3. The summed E-state index contributed by atoms with van der Waals surface area (Å²) in [6.07, 6.45) is 0.128. The van der Waals surface area contributed by atoms with Crippen LogP contribution in [0.25, 0.3) is 0 Å². The van der Waals surface area contributed by atoms with E-state index in [1.54, 1.807) is 12.1 Å². The highest BCUT2D eigenvalue weighted by Crippen LogP contribution is 2.38. The maximum Gasteiger partial charge on any atom is 0.238 e. The van der Waals surface area contributed by atoms with Gasteiger partial charge in [-0.05, 0) is 25.1 Å². The maximum absolute atomic E-state index is 12.0. The largest absolute Gasteiger partial charge is 0.352 e. The Morgan fingerprint density at radius 1 is 1.60 bits per heavy atom. The smallest absolute Gasteiger partial charge is 0.238 e. The van der Waals surface area contributed by atoms with Gasteiger partial charge in [-0.1, -0.05) is 11.6 Å². The molecule has 4 N–H and O–H groups in total. The second kappa shape index (κ2) is 6.47. The second-order valence-corrected chi connectivity index (χ2v) is 6.33. The summed E-state index contributed by atoms with van der Waals surface area (Å²) in [4.78, 5) is 24.7. The van der Waals surface area contributed by atoms with E-state index < -0.39 is 5.25 Å². The number of benzene rings is 1. The fourth-order valence-electron chi connectivity index (χ4n) is 1.82. The molecule has 5 nitrogen and oxygen atoms in total. The SMILES string of the molecule is C[C@@H](CN)NC(=O)CC1Sc2ccc(Cl)cc2NC1=O. The summed E-state index contributed by atoms with van der Waals surface area (Å²) in [5.41, 5.74) is 6.14. The van der Waals surface area contributed by atoms with Gasteiger partial charge in [0, 0.05) is 28.9 Å². The lowest BCUT2D eigenvalue weighted by Crippen LogP contribution is -2.41. The van der Waals surface area contributed by atoms with Gasteiger partial charge in [-0.25, -0.2) is 0 Å². The van der Waals surface area contributed by atoms with Gasteiger partial charge in [-0.15, -0.1) is 11.8 Å². The molecule has 2 amide bonds. The van der Waals surface area contributed by atoms with Crippen molar-refractivity contribution < 1.29 is 9.59 Å². The van der Waals surface area contributed by atoms with Crippen LogP contribution in [0.15, 0.2) is 23.1 Å². The number of nitrogens with one attached hydrogen (secondary N) is 2. The Kier molecular flexibility index (Phi) is 4.91. The number of carbonyl (C=O) groups excluding carboxylic acids is 2. The van der Waals surface area contributed by atoms with Crippen LogP contribution in [0.2, 0.25) is 5.02 Å². The van der Waals surface area contributed by atoms with Gasteiger partial charge in [0.2, 0.25) is 11.8 Å². The Hall–Kier alpha value is -1.24. The van der Waals surface area contributed by atoms with E-state index >= 15 is 0 Å². The first kappa shape index (κ1) is 15.2. The van der Waals surface area contributed by atoms with Crippen molar-refractivity contribution in [1.82, 2.24) is 5.32 Å². The number of rotatable bonds is 4. The quantitative estimate of drug-likeness (QED) is 0.788. The van der Waals surface area contributed by atoms with E-state index in [0.717, 1.165) is 4.90 Å². The standard InChI is InChI=1S/C13H16ClN3O2S/c1-7(6-15)16-12(18)5-11-13(19)17-9-4-8(14)2-3-10(9)20-11/h2-4,7,11H,5-6,15H2,1H3,(H,16,18)(H,17,19)/t7-,11?/m0/s1. The summed E-state index contributed by atoms with van der Waals surface area (Å²) in [5, 5.41) is 5.66. The van der Waals surface area contributed by atoms with E-state index in [1.165, 1.54) is 11.8 Å². The molecule has 0 spiro atoms. The first-order chi connectivity index (χ1) is 9.49. The summed E-state index contributed by atoms with van der Waals surface area (Å²) < 4.78 is 0. The molecule has 0 aliphatic carbocycles. The third-order valence-electron chi connectivity index (χ3n) is 2.89. The van der Waals surface area contributed by atoms with Gasteiger partial charge in [-0.2, -0.15) is 0 Å². The van der Waals surface area contributed by atoms with Crippen LogP contribution in [0, 0.1) is 0 Å². The van der Waals surface area contributed by atoms with Crippen molar-refractivity contribution in [3.8, 4) is 0 Å². The highest BCUT2D eigenvalue weighted by molar-refractivity contribution is 8.01. The first-order valence-electron chi connectivity index (χ1n) is 6.26. The van der Waals surface area contributed by atoms with Crippen LogP contribution in [-0.2, 0) is 9.59 Å². The van der Waals surface area contributed by atoms with Gasteiger partial charge >= 0.3 is 0 Å². The van der Waals surface area contributed by atoms with Gasteiger partial charge < -0.3 is 16.4 Å². The molecule has 7 heteroatoms. The zero-order valence-electron chi connectivity index (χ0n) is 11.0. The fourth-order valence-corrected chi connectivity index (χ4v) is 3.08. The molecule has 0 aromatic heterocycles. The molecular formula is C13H16ClN3O2S. The van der Waals surface area contributed by atoms with E-state index in [2.05, 4.69) is 10.6 Å². The molecule has 0 radical (unpaired) electrons. The molecule has 2 rings (SSSR count). The number of hydrogen-bond acceptors (Lipinski definition) is 4. The molecule has 1 aromatic rings. The van der Waals surface area contributed by atoms with Crippen LogP contribution in [0.5, 0.6) is 0 Å². The van der Waals surface area contributed by atoms with Crippen molar-refractivity contribution in [2.24, 2.45) is 5.73 Å². The summed E-state index contributed by atoms with van der Waals surface area (Å²) >= 11 is 7.26. The molecular weight excluding hydrogens is 298 g/mol. The molecule has 1 aromatic carbocycles. The molecule has 108 valence electrons. The second-order valence-electron chi connectivity index (χ2n) is 4.64. The lowest BCUT2D eigenvalue weighted by Gasteiger charge is -2.24. The van der Waals surface area contributed by atoms with Gasteiger partial charge in [-0.3, -0.25) is 9.59 Å². The Balaban J connectivity index is 2.02. The van der Waals surface area contributed by atoms with Crippen molar-refractivity contribution >= 4 is 40.9 Å². The zero-order valence-corrected chi connectivity index (χ0v) is 12.6. The highest BCUT2D eigenvalue weighted by atomic mass is 35.5. The minimum absolute atomic E-state index is 0.0924. The summed E-state index contributed by atoms with van der Waals surface area (Å²) in [7, 11) is 0. The van der Waals surface area contributed by atoms with E-state index in [1.807, 2.05) is 13.0 Å². The average molecular weight is 314 g/mol. The number of thioether (sulfide) groups is 1. The molecule has 2 atom stereocenters. The van der Waals surface area contributed by atoms with Crippen LogP contribution in [0.1, 0.15) is 13.3 Å². The van der Waals surface area contributed by atoms with Crippen LogP contribution in [-0.4, -0.2) is 29.7 Å². The van der Waals surface area contributed by atoms with Crippen LogP contribution in [0.3, 0.4) is 0 Å². The molecule has 1 unspecified atom stereocenters. The Morgan fingerprint density at radius 2 is 2.35 bits per heavy atom. The average Bonchev–Trinajstić information content (AvgIpc) is 2.39. The summed E-state index contributed by atoms with van der Waals surface area (Å²) in [6, 6.07) is 5.22. The van der Waals surface area contributed by atoms with E-state index in [4.69, 9.17) is 17.3 Å². The van der Waals surface area contributed by atoms with E-state index in [0.29, 0.717) is 17.3 Å². The summed E-state index contributed by atoms with van der Waals surface area (Å²) in [6.45, 7) is 2.19. The molecule has 0 bridgehead atoms. The molecule has 1 aliphatic heterocycles. The Labute approximate surface area is 126 Å². The summed E-state index contributed by atoms with van der Waals surface area (Å²) in [5.74, 6) is -0.353. The third-order valence-corrected chi connectivity index (χ3v) is 4.40. The molecule has 1 heterocycles. The predicted molar refractivity (Wildman–Crippen MR) is 81.0 cm³/mol. The monoisotopic (exact) mass is 313 g/mol. The van der Waals surface area contributed by atoms with E-state index in [9.17, 15) is 9.59 Å². The Morgan fingerprint density at radius 3 is 3.05 bits per heavy atom. The Bertz CT molecular complexity index is 538. The molecule has 1 aliphatic rings. The van der Waals surface area contributed by atoms with Gasteiger partial charge in [0.1, 0.15) is 0 Å². The lowest BCUT2D eigenvalue weighted by molar-refractivity contribution is -0.124.